The SMILES string of the molecule is COc1ccc([C@H]2NCCN[C@H]2c2ccc(OC)cc2F)c(F)c1. The highest BCUT2D eigenvalue weighted by molar-refractivity contribution is 5.36. The van der Waals surface area contributed by atoms with Gasteiger partial charge in [0.25, 0.3) is 0 Å². The molecule has 0 amide bonds. The first-order valence-electron chi connectivity index (χ1n) is 7.77. The van der Waals surface area contributed by atoms with Gasteiger partial charge in [0.2, 0.25) is 0 Å². The fourth-order valence-corrected chi connectivity index (χ4v) is 3.04. The number of benzene rings is 2. The monoisotopic (exact) mass is 334 g/mol. The molecule has 0 unspecified atom stereocenters. The van der Waals surface area contributed by atoms with Gasteiger partial charge in [-0.25, -0.2) is 8.78 Å². The Labute approximate surface area is 139 Å². The van der Waals surface area contributed by atoms with E-state index in [1.807, 2.05) is 0 Å². The van der Waals surface area contributed by atoms with Gasteiger partial charge in [0.05, 0.1) is 26.3 Å². The van der Waals surface area contributed by atoms with Crippen molar-refractivity contribution in [2.24, 2.45) is 0 Å². The van der Waals surface area contributed by atoms with Crippen LogP contribution in [0.15, 0.2) is 36.4 Å². The smallest absolute Gasteiger partial charge is 0.131 e. The van der Waals surface area contributed by atoms with Gasteiger partial charge in [-0.1, -0.05) is 12.1 Å². The molecule has 0 radical (unpaired) electrons. The average Bonchev–Trinajstić information content (AvgIpc) is 2.61. The molecule has 2 aromatic carbocycles. The summed E-state index contributed by atoms with van der Waals surface area (Å²) in [6, 6.07) is 8.67. The van der Waals surface area contributed by atoms with Crippen LogP contribution in [0.5, 0.6) is 11.5 Å². The van der Waals surface area contributed by atoms with E-state index in [9.17, 15) is 8.78 Å². The van der Waals surface area contributed by atoms with Gasteiger partial charge in [-0.3, -0.25) is 0 Å². The molecule has 0 saturated carbocycles. The van der Waals surface area contributed by atoms with Crippen molar-refractivity contribution in [1.29, 1.82) is 0 Å². The van der Waals surface area contributed by atoms with Crippen LogP contribution in [0.1, 0.15) is 23.2 Å². The van der Waals surface area contributed by atoms with Crippen LogP contribution >= 0.6 is 0 Å². The first-order chi connectivity index (χ1) is 11.6. The molecular weight excluding hydrogens is 314 g/mol. The molecule has 0 aliphatic carbocycles. The normalized spacial score (nSPS) is 20.7. The van der Waals surface area contributed by atoms with Crippen molar-refractivity contribution in [2.75, 3.05) is 27.3 Å². The summed E-state index contributed by atoms with van der Waals surface area (Å²) in [6.07, 6.45) is 0. The van der Waals surface area contributed by atoms with Crippen molar-refractivity contribution in [2.45, 2.75) is 12.1 Å². The molecule has 2 aromatic rings. The summed E-state index contributed by atoms with van der Waals surface area (Å²) in [5.74, 6) is 0.142. The zero-order chi connectivity index (χ0) is 17.1. The zero-order valence-corrected chi connectivity index (χ0v) is 13.6. The number of hydrogen-bond acceptors (Lipinski definition) is 4. The van der Waals surface area contributed by atoms with Crippen LogP contribution in [-0.4, -0.2) is 27.3 Å². The van der Waals surface area contributed by atoms with Crippen LogP contribution in [0.2, 0.25) is 0 Å². The summed E-state index contributed by atoms with van der Waals surface area (Å²) in [5.41, 5.74) is 0.950. The molecule has 3 rings (SSSR count). The fraction of sp³-hybridized carbons (Fsp3) is 0.333. The topological polar surface area (TPSA) is 42.5 Å². The number of rotatable bonds is 4. The number of methoxy groups -OCH3 is 2. The molecule has 24 heavy (non-hydrogen) atoms. The van der Waals surface area contributed by atoms with E-state index in [4.69, 9.17) is 9.47 Å². The summed E-state index contributed by atoms with van der Waals surface area (Å²) in [5, 5.41) is 6.55. The van der Waals surface area contributed by atoms with Crippen LogP contribution in [0, 0.1) is 11.6 Å². The fourth-order valence-electron chi connectivity index (χ4n) is 3.04. The number of nitrogens with one attached hydrogen (secondary N) is 2. The highest BCUT2D eigenvalue weighted by atomic mass is 19.1. The van der Waals surface area contributed by atoms with Crippen LogP contribution in [0.3, 0.4) is 0 Å². The lowest BCUT2D eigenvalue weighted by Crippen LogP contribution is -2.45. The number of piperazine rings is 1. The Kier molecular flexibility index (Phi) is 4.97. The summed E-state index contributed by atoms with van der Waals surface area (Å²) in [7, 11) is 2.98. The van der Waals surface area contributed by atoms with E-state index >= 15 is 0 Å². The Balaban J connectivity index is 1.97. The van der Waals surface area contributed by atoms with Crippen molar-refractivity contribution in [3.05, 3.63) is 59.2 Å². The minimum Gasteiger partial charge on any atom is -0.497 e. The second kappa shape index (κ2) is 7.15. The van der Waals surface area contributed by atoms with Gasteiger partial charge in [0.1, 0.15) is 23.1 Å². The van der Waals surface area contributed by atoms with Crippen molar-refractivity contribution in [1.82, 2.24) is 10.6 Å². The predicted octanol–water partition coefficient (Wildman–Crippen LogP) is 2.96. The van der Waals surface area contributed by atoms with Gasteiger partial charge >= 0.3 is 0 Å². The standard InChI is InChI=1S/C18H20F2N2O2/c1-23-11-3-5-13(15(19)9-11)17-18(22-8-7-21-17)14-6-4-12(24-2)10-16(14)20/h3-6,9-10,17-18,21-22H,7-8H2,1-2H3/t17-,18+. The predicted molar refractivity (Wildman–Crippen MR) is 87.4 cm³/mol. The molecule has 0 spiro atoms. The third-order valence-electron chi connectivity index (χ3n) is 4.27. The molecular formula is C18H20F2N2O2. The molecule has 1 heterocycles. The Morgan fingerprint density at radius 1 is 0.792 bits per heavy atom. The summed E-state index contributed by atoms with van der Waals surface area (Å²) < 4.78 is 39.0. The maximum absolute atomic E-state index is 14.5. The molecule has 1 aliphatic rings. The number of halogens is 2. The average molecular weight is 334 g/mol. The second-order valence-electron chi connectivity index (χ2n) is 5.64. The minimum atomic E-state index is -0.382. The highest BCUT2D eigenvalue weighted by Crippen LogP contribution is 2.35. The summed E-state index contributed by atoms with van der Waals surface area (Å²) >= 11 is 0. The van der Waals surface area contributed by atoms with E-state index in [1.54, 1.807) is 24.3 Å². The lowest BCUT2D eigenvalue weighted by atomic mass is 9.91. The molecule has 1 aliphatic heterocycles. The molecule has 1 fully saturated rings. The molecule has 2 N–H and O–H groups in total. The molecule has 1 saturated heterocycles. The zero-order valence-electron chi connectivity index (χ0n) is 13.6. The third kappa shape index (κ3) is 3.20. The van der Waals surface area contributed by atoms with Crippen LogP contribution in [0.4, 0.5) is 8.78 Å². The molecule has 0 bridgehead atoms. The van der Waals surface area contributed by atoms with Crippen LogP contribution in [-0.2, 0) is 0 Å². The van der Waals surface area contributed by atoms with Crippen molar-refractivity contribution in [3.63, 3.8) is 0 Å². The highest BCUT2D eigenvalue weighted by Gasteiger charge is 2.31. The Morgan fingerprint density at radius 3 is 1.54 bits per heavy atom. The van der Waals surface area contributed by atoms with Crippen molar-refractivity contribution in [3.8, 4) is 11.5 Å². The van der Waals surface area contributed by atoms with E-state index in [1.165, 1.54) is 26.4 Å². The van der Waals surface area contributed by atoms with E-state index in [0.717, 1.165) is 0 Å². The van der Waals surface area contributed by atoms with Crippen LogP contribution in [0.25, 0.3) is 0 Å². The Morgan fingerprint density at radius 2 is 1.21 bits per heavy atom. The minimum absolute atomic E-state index is 0.380. The van der Waals surface area contributed by atoms with Gasteiger partial charge in [-0.05, 0) is 12.1 Å². The van der Waals surface area contributed by atoms with Gasteiger partial charge < -0.3 is 20.1 Å². The molecule has 0 aromatic heterocycles. The lowest BCUT2D eigenvalue weighted by Gasteiger charge is -2.35. The quantitative estimate of drug-likeness (QED) is 0.902. The Hall–Kier alpha value is -2.18. The lowest BCUT2D eigenvalue weighted by molar-refractivity contribution is 0.316. The number of ether oxygens (including phenoxy) is 2. The molecule has 2 atom stereocenters. The largest absolute Gasteiger partial charge is 0.497 e. The van der Waals surface area contributed by atoms with Crippen molar-refractivity contribution >= 4 is 0 Å². The third-order valence-corrected chi connectivity index (χ3v) is 4.27. The van der Waals surface area contributed by atoms with Crippen molar-refractivity contribution < 1.29 is 18.3 Å². The summed E-state index contributed by atoms with van der Waals surface area (Å²) in [6.45, 7) is 1.34. The van der Waals surface area contributed by atoms with E-state index in [2.05, 4.69) is 10.6 Å². The second-order valence-corrected chi connectivity index (χ2v) is 5.64. The van der Waals surface area contributed by atoms with Gasteiger partial charge in [-0.15, -0.1) is 0 Å². The maximum atomic E-state index is 14.5. The van der Waals surface area contributed by atoms with E-state index in [-0.39, 0.29) is 23.7 Å². The summed E-state index contributed by atoms with van der Waals surface area (Å²) in [4.78, 5) is 0. The van der Waals surface area contributed by atoms with Gasteiger partial charge in [0, 0.05) is 36.3 Å². The molecule has 4 nitrogen and oxygen atoms in total. The van der Waals surface area contributed by atoms with E-state index in [0.29, 0.717) is 35.7 Å². The van der Waals surface area contributed by atoms with E-state index < -0.39 is 0 Å². The van der Waals surface area contributed by atoms with Gasteiger partial charge in [0.15, 0.2) is 0 Å². The number of hydrogen-bond donors (Lipinski definition) is 2. The first kappa shape index (κ1) is 16.7. The van der Waals surface area contributed by atoms with Gasteiger partial charge in [-0.2, -0.15) is 0 Å². The van der Waals surface area contributed by atoms with Crippen LogP contribution < -0.4 is 20.1 Å². The Bertz CT molecular complexity index is 663. The molecule has 6 heteroatoms. The molecule has 128 valence electrons. The first-order valence-corrected chi connectivity index (χ1v) is 7.77. The maximum Gasteiger partial charge on any atom is 0.131 e.